The van der Waals surface area contributed by atoms with Gasteiger partial charge in [-0.15, -0.1) is 10.2 Å². The summed E-state index contributed by atoms with van der Waals surface area (Å²) in [4.78, 5) is 17.0. The topological polar surface area (TPSA) is 73.1 Å². The quantitative estimate of drug-likeness (QED) is 0.441. The number of aromatic nitrogens is 2. The first-order valence-corrected chi connectivity index (χ1v) is 11.6. The van der Waals surface area contributed by atoms with Gasteiger partial charge in [0.25, 0.3) is 0 Å². The fourth-order valence-electron chi connectivity index (χ4n) is 4.61. The third-order valence-corrected chi connectivity index (χ3v) is 6.48. The number of amides is 1. The zero-order chi connectivity index (χ0) is 24.4. The predicted molar refractivity (Wildman–Crippen MR) is 133 cm³/mol. The maximum Gasteiger partial charge on any atom is 0.227 e. The Morgan fingerprint density at radius 3 is 2.40 bits per heavy atom. The number of nitrogens with zero attached hydrogens (tertiary/aromatic N) is 5. The molecule has 0 saturated carbocycles. The van der Waals surface area contributed by atoms with Gasteiger partial charge in [0.15, 0.2) is 5.82 Å². The highest BCUT2D eigenvalue weighted by molar-refractivity contribution is 6.00. The summed E-state index contributed by atoms with van der Waals surface area (Å²) in [6, 6.07) is 23.6. The van der Waals surface area contributed by atoms with Gasteiger partial charge in [-0.3, -0.25) is 4.79 Å². The Hall–Kier alpha value is -4.31. The van der Waals surface area contributed by atoms with Crippen molar-refractivity contribution in [3.8, 4) is 17.3 Å². The normalized spacial score (nSPS) is 15.7. The summed E-state index contributed by atoms with van der Waals surface area (Å²) in [7, 11) is 0. The molecule has 3 aromatic carbocycles. The summed E-state index contributed by atoms with van der Waals surface area (Å²) in [6.07, 6.45) is 0.313. The van der Waals surface area contributed by atoms with E-state index in [4.69, 9.17) is 5.26 Å². The number of carbonyl (C=O) groups excluding carboxylic acids is 1. The highest BCUT2D eigenvalue weighted by Crippen LogP contribution is 2.33. The van der Waals surface area contributed by atoms with Gasteiger partial charge in [-0.2, -0.15) is 5.26 Å². The van der Waals surface area contributed by atoms with Crippen LogP contribution in [0, 0.1) is 17.1 Å². The van der Waals surface area contributed by atoms with Gasteiger partial charge in [-0.05, 0) is 48.9 Å². The Morgan fingerprint density at radius 2 is 1.71 bits per heavy atom. The van der Waals surface area contributed by atoms with Crippen molar-refractivity contribution in [1.29, 1.82) is 5.26 Å². The number of benzene rings is 3. The van der Waals surface area contributed by atoms with Crippen LogP contribution in [0.1, 0.15) is 18.1 Å². The van der Waals surface area contributed by atoms with E-state index in [2.05, 4.69) is 28.1 Å². The Balaban J connectivity index is 1.36. The average molecular weight is 466 g/mol. The van der Waals surface area contributed by atoms with E-state index in [9.17, 15) is 9.18 Å². The van der Waals surface area contributed by atoms with E-state index in [1.165, 1.54) is 12.1 Å². The molecule has 1 aliphatic rings. The first-order valence-electron chi connectivity index (χ1n) is 11.6. The van der Waals surface area contributed by atoms with Crippen LogP contribution in [-0.2, 0) is 11.2 Å². The number of nitriles is 1. The third-order valence-electron chi connectivity index (χ3n) is 6.48. The van der Waals surface area contributed by atoms with Crippen molar-refractivity contribution in [1.82, 2.24) is 15.1 Å². The predicted octanol–water partition coefficient (Wildman–Crippen LogP) is 4.59. The lowest BCUT2D eigenvalue weighted by Gasteiger charge is -2.40. The summed E-state index contributed by atoms with van der Waals surface area (Å²) in [5.41, 5.74) is 3.01. The Kier molecular flexibility index (Phi) is 6.11. The first kappa shape index (κ1) is 22.5. The molecule has 0 spiro atoms. The van der Waals surface area contributed by atoms with Crippen LogP contribution in [0.25, 0.3) is 22.0 Å². The molecule has 1 aromatic heterocycles. The van der Waals surface area contributed by atoms with E-state index in [-0.39, 0.29) is 17.8 Å². The second-order valence-corrected chi connectivity index (χ2v) is 8.79. The minimum absolute atomic E-state index is 0.0584. The molecule has 0 N–H and O–H groups in total. The molecule has 1 aliphatic heterocycles. The standard InChI is InChI=1S/C28H24FN5O/c1-19-18-33(26(35)16-20-6-8-21(17-30)9-7-20)14-15-34(19)28-25-5-3-2-4-24(25)27(31-32-28)22-10-12-23(29)13-11-22/h2-13,19H,14-16,18H2,1H3/t19-/m1/s1. The molecule has 0 unspecified atom stereocenters. The van der Waals surface area contributed by atoms with Crippen LogP contribution in [0.4, 0.5) is 10.2 Å². The van der Waals surface area contributed by atoms with Crippen LogP contribution in [0.15, 0.2) is 72.8 Å². The average Bonchev–Trinajstić information content (AvgIpc) is 2.89. The largest absolute Gasteiger partial charge is 0.348 e. The first-order chi connectivity index (χ1) is 17.0. The second-order valence-electron chi connectivity index (χ2n) is 8.79. The molecule has 4 aromatic rings. The van der Waals surface area contributed by atoms with Crippen LogP contribution >= 0.6 is 0 Å². The van der Waals surface area contributed by atoms with Crippen LogP contribution < -0.4 is 4.90 Å². The maximum absolute atomic E-state index is 13.4. The van der Waals surface area contributed by atoms with Crippen LogP contribution in [0.2, 0.25) is 0 Å². The highest BCUT2D eigenvalue weighted by Gasteiger charge is 2.29. The molecule has 35 heavy (non-hydrogen) atoms. The second kappa shape index (κ2) is 9.51. The van der Waals surface area contributed by atoms with Crippen LogP contribution in [0.3, 0.4) is 0 Å². The van der Waals surface area contributed by atoms with E-state index in [0.717, 1.165) is 27.7 Å². The molecule has 1 fully saturated rings. The Labute approximate surface area is 203 Å². The zero-order valence-corrected chi connectivity index (χ0v) is 19.4. The molecule has 1 saturated heterocycles. The van der Waals surface area contributed by atoms with Crippen molar-refractivity contribution in [3.05, 3.63) is 89.7 Å². The molecule has 0 aliphatic carbocycles. The number of fused-ring (bicyclic) bond motifs is 1. The van der Waals surface area contributed by atoms with Crippen molar-refractivity contribution in [2.24, 2.45) is 0 Å². The van der Waals surface area contributed by atoms with E-state index in [1.807, 2.05) is 41.3 Å². The number of anilines is 1. The van der Waals surface area contributed by atoms with Crippen molar-refractivity contribution in [2.45, 2.75) is 19.4 Å². The Morgan fingerprint density at radius 1 is 1.00 bits per heavy atom. The van der Waals surface area contributed by atoms with Gasteiger partial charge in [0.05, 0.1) is 18.1 Å². The van der Waals surface area contributed by atoms with Gasteiger partial charge in [0.2, 0.25) is 5.91 Å². The third kappa shape index (κ3) is 4.56. The van der Waals surface area contributed by atoms with Crippen molar-refractivity contribution in [2.75, 3.05) is 24.5 Å². The number of hydrogen-bond acceptors (Lipinski definition) is 5. The summed E-state index contributed by atoms with van der Waals surface area (Å²) in [5, 5.41) is 20.0. The molecule has 1 amide bonds. The number of rotatable bonds is 4. The molecule has 6 nitrogen and oxygen atoms in total. The smallest absolute Gasteiger partial charge is 0.227 e. The van der Waals surface area contributed by atoms with E-state index in [1.54, 1.807) is 24.3 Å². The highest BCUT2D eigenvalue weighted by atomic mass is 19.1. The Bertz CT molecular complexity index is 1410. The molecule has 5 rings (SSSR count). The molecule has 1 atom stereocenters. The van der Waals surface area contributed by atoms with Crippen molar-refractivity contribution < 1.29 is 9.18 Å². The molecular formula is C28H24FN5O. The van der Waals surface area contributed by atoms with Crippen LogP contribution in [-0.4, -0.2) is 46.7 Å². The van der Waals surface area contributed by atoms with Crippen molar-refractivity contribution in [3.63, 3.8) is 0 Å². The molecule has 174 valence electrons. The lowest BCUT2D eigenvalue weighted by Crippen LogP contribution is -2.54. The van der Waals surface area contributed by atoms with Crippen molar-refractivity contribution >= 4 is 22.5 Å². The summed E-state index contributed by atoms with van der Waals surface area (Å²) >= 11 is 0. The van der Waals surface area contributed by atoms with Gasteiger partial charge in [0, 0.05) is 42.0 Å². The number of piperazine rings is 1. The van der Waals surface area contributed by atoms with E-state index < -0.39 is 0 Å². The van der Waals surface area contributed by atoms with Gasteiger partial charge >= 0.3 is 0 Å². The minimum Gasteiger partial charge on any atom is -0.348 e. The van der Waals surface area contributed by atoms with Gasteiger partial charge in [-0.1, -0.05) is 36.4 Å². The number of hydrogen-bond donors (Lipinski definition) is 0. The lowest BCUT2D eigenvalue weighted by atomic mass is 10.0. The summed E-state index contributed by atoms with van der Waals surface area (Å²) in [5.74, 6) is 0.574. The zero-order valence-electron chi connectivity index (χ0n) is 19.4. The van der Waals surface area contributed by atoms with E-state index >= 15 is 0 Å². The molecule has 7 heteroatoms. The molecular weight excluding hydrogens is 441 g/mol. The monoisotopic (exact) mass is 465 g/mol. The number of halogens is 1. The van der Waals surface area contributed by atoms with Crippen LogP contribution in [0.5, 0.6) is 0 Å². The van der Waals surface area contributed by atoms with Gasteiger partial charge < -0.3 is 9.80 Å². The number of carbonyl (C=O) groups is 1. The maximum atomic E-state index is 13.4. The fraction of sp³-hybridized carbons (Fsp3) is 0.214. The molecule has 0 bridgehead atoms. The summed E-state index contributed by atoms with van der Waals surface area (Å²) in [6.45, 7) is 3.92. The molecule has 0 radical (unpaired) electrons. The van der Waals surface area contributed by atoms with Gasteiger partial charge in [-0.25, -0.2) is 4.39 Å². The van der Waals surface area contributed by atoms with E-state index in [0.29, 0.717) is 37.3 Å². The fourth-order valence-corrected chi connectivity index (χ4v) is 4.61. The minimum atomic E-state index is -0.289. The summed E-state index contributed by atoms with van der Waals surface area (Å²) < 4.78 is 13.4. The lowest BCUT2D eigenvalue weighted by molar-refractivity contribution is -0.131. The SMILES string of the molecule is C[C@@H]1CN(C(=O)Cc2ccc(C#N)cc2)CCN1c1nnc(-c2ccc(F)cc2)c2ccccc12. The molecule has 2 heterocycles. The van der Waals surface area contributed by atoms with Gasteiger partial charge in [0.1, 0.15) is 11.5 Å².